The summed E-state index contributed by atoms with van der Waals surface area (Å²) in [6.07, 6.45) is 1.09. The summed E-state index contributed by atoms with van der Waals surface area (Å²) in [5, 5.41) is 1.35. The summed E-state index contributed by atoms with van der Waals surface area (Å²) < 4.78 is 3.48. The number of fused-ring (bicyclic) bond motifs is 1. The minimum atomic E-state index is 1.09. The third-order valence-electron chi connectivity index (χ3n) is 2.90. The Bertz CT molecular complexity index is 483. The molecule has 2 heteroatoms. The molecule has 0 bridgehead atoms. The molecule has 2 rings (SSSR count). The van der Waals surface area contributed by atoms with Gasteiger partial charge in [-0.15, -0.1) is 0 Å². The van der Waals surface area contributed by atoms with Gasteiger partial charge >= 0.3 is 0 Å². The van der Waals surface area contributed by atoms with E-state index in [9.17, 15) is 0 Å². The molecule has 0 saturated carbocycles. The highest BCUT2D eigenvalue weighted by molar-refractivity contribution is 9.10. The SMILES string of the molecule is CCc1c(C)c2c(Br)cccc2n1C. The maximum absolute atomic E-state index is 3.61. The largest absolute Gasteiger partial charge is 0.347 e. The second-order valence-corrected chi connectivity index (χ2v) is 4.47. The Hall–Kier alpha value is -0.760. The molecule has 0 atom stereocenters. The maximum Gasteiger partial charge on any atom is 0.0494 e. The van der Waals surface area contributed by atoms with Crippen LogP contribution in [0, 0.1) is 6.92 Å². The Morgan fingerprint density at radius 3 is 2.64 bits per heavy atom. The summed E-state index contributed by atoms with van der Waals surface area (Å²) in [5.41, 5.74) is 4.14. The van der Waals surface area contributed by atoms with Crippen LogP contribution in [0.25, 0.3) is 10.9 Å². The van der Waals surface area contributed by atoms with Crippen molar-refractivity contribution in [1.82, 2.24) is 4.57 Å². The Morgan fingerprint density at radius 1 is 1.36 bits per heavy atom. The average Bonchev–Trinajstić information content (AvgIpc) is 2.41. The van der Waals surface area contributed by atoms with E-state index in [1.807, 2.05) is 0 Å². The first kappa shape index (κ1) is 9.78. The molecule has 0 spiro atoms. The number of aromatic nitrogens is 1. The number of benzene rings is 1. The van der Waals surface area contributed by atoms with Crippen molar-refractivity contribution >= 4 is 26.8 Å². The van der Waals surface area contributed by atoms with Crippen LogP contribution in [0.2, 0.25) is 0 Å². The molecule has 0 saturated heterocycles. The van der Waals surface area contributed by atoms with E-state index in [2.05, 4.69) is 59.6 Å². The fourth-order valence-corrected chi connectivity index (χ4v) is 2.86. The highest BCUT2D eigenvalue weighted by Gasteiger charge is 2.11. The summed E-state index contributed by atoms with van der Waals surface area (Å²) in [6.45, 7) is 4.40. The molecule has 0 aliphatic heterocycles. The Morgan fingerprint density at radius 2 is 2.07 bits per heavy atom. The third kappa shape index (κ3) is 1.21. The molecule has 0 radical (unpaired) electrons. The van der Waals surface area contributed by atoms with Gasteiger partial charge in [0.25, 0.3) is 0 Å². The Labute approximate surface area is 92.9 Å². The van der Waals surface area contributed by atoms with Crippen LogP contribution in [-0.4, -0.2) is 4.57 Å². The van der Waals surface area contributed by atoms with Crippen LogP contribution in [0.15, 0.2) is 22.7 Å². The van der Waals surface area contributed by atoms with Crippen LogP contribution >= 0.6 is 15.9 Å². The molecule has 1 nitrogen and oxygen atoms in total. The van der Waals surface area contributed by atoms with E-state index in [0.717, 1.165) is 6.42 Å². The fourth-order valence-electron chi connectivity index (χ4n) is 2.21. The summed E-state index contributed by atoms with van der Waals surface area (Å²) in [7, 11) is 2.14. The molecule has 1 aromatic carbocycles. The number of nitrogens with zero attached hydrogens (tertiary/aromatic N) is 1. The van der Waals surface area contributed by atoms with Gasteiger partial charge in [0.1, 0.15) is 0 Å². The minimum Gasteiger partial charge on any atom is -0.347 e. The zero-order valence-electron chi connectivity index (χ0n) is 8.76. The highest BCUT2D eigenvalue weighted by atomic mass is 79.9. The van der Waals surface area contributed by atoms with Gasteiger partial charge in [-0.25, -0.2) is 0 Å². The van der Waals surface area contributed by atoms with Gasteiger partial charge in [0, 0.05) is 28.1 Å². The lowest BCUT2D eigenvalue weighted by Gasteiger charge is -2.00. The van der Waals surface area contributed by atoms with Gasteiger partial charge in [0.15, 0.2) is 0 Å². The van der Waals surface area contributed by atoms with Crippen molar-refractivity contribution in [1.29, 1.82) is 0 Å². The van der Waals surface area contributed by atoms with Crippen LogP contribution in [-0.2, 0) is 13.5 Å². The summed E-state index contributed by atoms with van der Waals surface area (Å²) in [4.78, 5) is 0. The normalized spacial score (nSPS) is 11.1. The van der Waals surface area contributed by atoms with Crippen LogP contribution in [0.1, 0.15) is 18.2 Å². The number of halogens is 1. The molecule has 0 amide bonds. The van der Waals surface area contributed by atoms with Gasteiger partial charge in [-0.05, 0) is 31.0 Å². The Balaban J connectivity index is 2.94. The molecule has 1 aromatic heterocycles. The zero-order chi connectivity index (χ0) is 10.3. The lowest BCUT2D eigenvalue weighted by Crippen LogP contribution is -1.94. The van der Waals surface area contributed by atoms with Crippen molar-refractivity contribution in [3.05, 3.63) is 33.9 Å². The molecule has 0 aliphatic rings. The fraction of sp³-hybridized carbons (Fsp3) is 0.333. The van der Waals surface area contributed by atoms with E-state index in [-0.39, 0.29) is 0 Å². The second-order valence-electron chi connectivity index (χ2n) is 3.62. The number of hydrogen-bond donors (Lipinski definition) is 0. The lowest BCUT2D eigenvalue weighted by atomic mass is 10.1. The monoisotopic (exact) mass is 251 g/mol. The molecule has 0 aliphatic carbocycles. The van der Waals surface area contributed by atoms with Crippen molar-refractivity contribution in [2.24, 2.45) is 7.05 Å². The molecule has 0 fully saturated rings. The van der Waals surface area contributed by atoms with Crippen molar-refractivity contribution < 1.29 is 0 Å². The number of rotatable bonds is 1. The van der Waals surface area contributed by atoms with Gasteiger partial charge in [0.2, 0.25) is 0 Å². The van der Waals surface area contributed by atoms with Gasteiger partial charge in [-0.1, -0.05) is 28.9 Å². The van der Waals surface area contributed by atoms with E-state index in [1.165, 1.54) is 26.6 Å². The van der Waals surface area contributed by atoms with Gasteiger partial charge in [0.05, 0.1) is 0 Å². The van der Waals surface area contributed by atoms with E-state index < -0.39 is 0 Å². The molecule has 2 aromatic rings. The van der Waals surface area contributed by atoms with Gasteiger partial charge < -0.3 is 4.57 Å². The first-order valence-corrected chi connectivity index (χ1v) is 5.68. The minimum absolute atomic E-state index is 1.09. The van der Waals surface area contributed by atoms with Gasteiger partial charge in [-0.3, -0.25) is 0 Å². The van der Waals surface area contributed by atoms with Crippen LogP contribution in [0.3, 0.4) is 0 Å². The molecule has 0 N–H and O–H groups in total. The van der Waals surface area contributed by atoms with Crippen molar-refractivity contribution in [2.45, 2.75) is 20.3 Å². The molecule has 74 valence electrons. The maximum atomic E-state index is 3.61. The summed E-state index contributed by atoms with van der Waals surface area (Å²) >= 11 is 3.61. The van der Waals surface area contributed by atoms with Crippen LogP contribution in [0.5, 0.6) is 0 Å². The van der Waals surface area contributed by atoms with Crippen LogP contribution < -0.4 is 0 Å². The first-order valence-electron chi connectivity index (χ1n) is 4.89. The summed E-state index contributed by atoms with van der Waals surface area (Å²) in [6, 6.07) is 6.37. The Kier molecular flexibility index (Phi) is 2.40. The highest BCUT2D eigenvalue weighted by Crippen LogP contribution is 2.31. The van der Waals surface area contributed by atoms with E-state index >= 15 is 0 Å². The summed E-state index contributed by atoms with van der Waals surface area (Å²) in [5.74, 6) is 0. The first-order chi connectivity index (χ1) is 6.66. The molecule has 1 heterocycles. The van der Waals surface area contributed by atoms with E-state index in [1.54, 1.807) is 0 Å². The molecular weight excluding hydrogens is 238 g/mol. The zero-order valence-corrected chi connectivity index (χ0v) is 10.4. The van der Waals surface area contributed by atoms with E-state index in [0.29, 0.717) is 0 Å². The average molecular weight is 252 g/mol. The third-order valence-corrected chi connectivity index (χ3v) is 3.56. The van der Waals surface area contributed by atoms with Gasteiger partial charge in [-0.2, -0.15) is 0 Å². The predicted molar refractivity (Wildman–Crippen MR) is 64.7 cm³/mol. The standard InChI is InChI=1S/C12H14BrN/c1-4-10-8(2)12-9(13)6-5-7-11(12)14(10)3/h5-7H,4H2,1-3H3. The van der Waals surface area contributed by atoms with Crippen molar-refractivity contribution in [3.63, 3.8) is 0 Å². The number of aryl methyl sites for hydroxylation is 2. The second kappa shape index (κ2) is 3.43. The molecule has 0 unspecified atom stereocenters. The van der Waals surface area contributed by atoms with Crippen LogP contribution in [0.4, 0.5) is 0 Å². The lowest BCUT2D eigenvalue weighted by molar-refractivity contribution is 0.857. The van der Waals surface area contributed by atoms with Crippen molar-refractivity contribution in [2.75, 3.05) is 0 Å². The van der Waals surface area contributed by atoms with Crippen molar-refractivity contribution in [3.8, 4) is 0 Å². The predicted octanol–water partition coefficient (Wildman–Crippen LogP) is 3.81. The topological polar surface area (TPSA) is 4.93 Å². The van der Waals surface area contributed by atoms with E-state index in [4.69, 9.17) is 0 Å². The quantitative estimate of drug-likeness (QED) is 0.727. The molecular formula is C12H14BrN. The smallest absolute Gasteiger partial charge is 0.0494 e. The number of hydrogen-bond acceptors (Lipinski definition) is 0. The molecule has 14 heavy (non-hydrogen) atoms.